The normalized spacial score (nSPS) is 11.1. The standard InChI is InChI=1S/C20H26ClN3O3/c1-12(2)10-24-19(21)18(14(5)23-24)20(26)27-11-17(25)22-16-9-7-6-8-15(16)13(3)4/h6-9,12-13H,10-11H2,1-5H3,(H,22,25). The average Bonchev–Trinajstić information content (AvgIpc) is 2.86. The zero-order valence-electron chi connectivity index (χ0n) is 16.4. The Balaban J connectivity index is 2.02. The maximum Gasteiger partial charge on any atom is 0.343 e. The summed E-state index contributed by atoms with van der Waals surface area (Å²) in [4.78, 5) is 24.6. The van der Waals surface area contributed by atoms with Gasteiger partial charge in [-0.3, -0.25) is 9.48 Å². The molecule has 1 amide bonds. The molecule has 1 N–H and O–H groups in total. The lowest BCUT2D eigenvalue weighted by molar-refractivity contribution is -0.119. The number of esters is 1. The molecule has 0 saturated heterocycles. The number of para-hydroxylation sites is 1. The first-order valence-electron chi connectivity index (χ1n) is 8.99. The number of benzene rings is 1. The molecule has 0 unspecified atom stereocenters. The van der Waals surface area contributed by atoms with Crippen molar-refractivity contribution < 1.29 is 14.3 Å². The van der Waals surface area contributed by atoms with Crippen LogP contribution in [0.4, 0.5) is 5.69 Å². The monoisotopic (exact) mass is 391 g/mol. The van der Waals surface area contributed by atoms with Crippen LogP contribution in [0.15, 0.2) is 24.3 Å². The predicted octanol–water partition coefficient (Wildman–Crippen LogP) is 4.42. The second-order valence-electron chi connectivity index (χ2n) is 7.19. The maximum atomic E-state index is 12.4. The molecule has 1 heterocycles. The van der Waals surface area contributed by atoms with Crippen molar-refractivity contribution in [2.75, 3.05) is 11.9 Å². The lowest BCUT2D eigenvalue weighted by atomic mass is 10.0. The molecule has 1 aromatic carbocycles. The Bertz CT molecular complexity index is 828. The number of nitrogens with one attached hydrogen (secondary N) is 1. The van der Waals surface area contributed by atoms with E-state index in [1.807, 2.05) is 52.0 Å². The van der Waals surface area contributed by atoms with Crippen LogP contribution in [-0.4, -0.2) is 28.3 Å². The number of aromatic nitrogens is 2. The minimum absolute atomic E-state index is 0.202. The summed E-state index contributed by atoms with van der Waals surface area (Å²) in [6.45, 7) is 10.1. The second kappa shape index (κ2) is 9.04. The first kappa shape index (κ1) is 21.0. The SMILES string of the molecule is Cc1nn(CC(C)C)c(Cl)c1C(=O)OCC(=O)Nc1ccccc1C(C)C. The molecule has 0 aliphatic carbocycles. The van der Waals surface area contributed by atoms with Crippen molar-refractivity contribution in [3.63, 3.8) is 0 Å². The minimum Gasteiger partial charge on any atom is -0.452 e. The molecule has 0 aliphatic rings. The third-order valence-electron chi connectivity index (χ3n) is 4.00. The van der Waals surface area contributed by atoms with E-state index in [-0.39, 0.29) is 16.6 Å². The van der Waals surface area contributed by atoms with Gasteiger partial charge in [-0.1, -0.05) is 57.5 Å². The minimum atomic E-state index is -0.653. The van der Waals surface area contributed by atoms with E-state index in [1.165, 1.54) is 0 Å². The lowest BCUT2D eigenvalue weighted by Gasteiger charge is -2.13. The highest BCUT2D eigenvalue weighted by Gasteiger charge is 2.23. The van der Waals surface area contributed by atoms with Gasteiger partial charge in [0.15, 0.2) is 6.61 Å². The summed E-state index contributed by atoms with van der Waals surface area (Å²) in [5.41, 5.74) is 2.42. The van der Waals surface area contributed by atoms with Gasteiger partial charge in [0, 0.05) is 12.2 Å². The van der Waals surface area contributed by atoms with E-state index in [9.17, 15) is 9.59 Å². The Kier molecular flexibility index (Phi) is 7.02. The summed E-state index contributed by atoms with van der Waals surface area (Å²) >= 11 is 6.27. The molecule has 0 fully saturated rings. The van der Waals surface area contributed by atoms with Crippen LogP contribution < -0.4 is 5.32 Å². The number of halogens is 1. The van der Waals surface area contributed by atoms with Crippen molar-refractivity contribution in [1.82, 2.24) is 9.78 Å². The van der Waals surface area contributed by atoms with Crippen LogP contribution in [0.1, 0.15) is 55.2 Å². The molecule has 0 radical (unpaired) electrons. The van der Waals surface area contributed by atoms with Gasteiger partial charge in [0.05, 0.1) is 5.69 Å². The highest BCUT2D eigenvalue weighted by molar-refractivity contribution is 6.32. The first-order chi connectivity index (χ1) is 12.7. The highest BCUT2D eigenvalue weighted by Crippen LogP contribution is 2.24. The average molecular weight is 392 g/mol. The zero-order valence-corrected chi connectivity index (χ0v) is 17.1. The Labute approximate surface area is 164 Å². The van der Waals surface area contributed by atoms with Crippen molar-refractivity contribution in [3.05, 3.63) is 46.2 Å². The van der Waals surface area contributed by atoms with Crippen LogP contribution in [0.5, 0.6) is 0 Å². The van der Waals surface area contributed by atoms with Crippen molar-refractivity contribution in [2.45, 2.75) is 47.1 Å². The number of rotatable bonds is 7. The molecule has 146 valence electrons. The van der Waals surface area contributed by atoms with E-state index in [2.05, 4.69) is 10.4 Å². The van der Waals surface area contributed by atoms with E-state index in [0.717, 1.165) is 5.56 Å². The molecular weight excluding hydrogens is 366 g/mol. The van der Waals surface area contributed by atoms with Crippen LogP contribution >= 0.6 is 11.6 Å². The molecule has 6 nitrogen and oxygen atoms in total. The number of carbonyl (C=O) groups excluding carboxylic acids is 2. The van der Waals surface area contributed by atoms with Crippen LogP contribution in [0, 0.1) is 12.8 Å². The van der Waals surface area contributed by atoms with Crippen LogP contribution in [0.3, 0.4) is 0 Å². The molecule has 1 aromatic heterocycles. The smallest absolute Gasteiger partial charge is 0.343 e. The van der Waals surface area contributed by atoms with Crippen molar-refractivity contribution in [2.24, 2.45) is 5.92 Å². The maximum absolute atomic E-state index is 12.4. The van der Waals surface area contributed by atoms with E-state index >= 15 is 0 Å². The summed E-state index contributed by atoms with van der Waals surface area (Å²) in [5, 5.41) is 7.30. The Morgan fingerprint density at radius 3 is 2.52 bits per heavy atom. The number of ether oxygens (including phenoxy) is 1. The number of amides is 1. The molecule has 0 bridgehead atoms. The summed E-state index contributed by atoms with van der Waals surface area (Å²) < 4.78 is 6.73. The molecular formula is C20H26ClN3O3. The van der Waals surface area contributed by atoms with Crippen LogP contribution in [-0.2, 0) is 16.1 Å². The van der Waals surface area contributed by atoms with Gasteiger partial charge in [0.25, 0.3) is 5.91 Å². The molecule has 0 spiro atoms. The summed E-state index contributed by atoms with van der Waals surface area (Å²) in [7, 11) is 0. The van der Waals surface area contributed by atoms with Crippen LogP contribution in [0.2, 0.25) is 5.15 Å². The van der Waals surface area contributed by atoms with Crippen molar-refractivity contribution in [3.8, 4) is 0 Å². The quantitative estimate of drug-likeness (QED) is 0.709. The number of anilines is 1. The van der Waals surface area contributed by atoms with Crippen molar-refractivity contribution >= 4 is 29.2 Å². The second-order valence-corrected chi connectivity index (χ2v) is 7.55. The third kappa shape index (κ3) is 5.32. The van der Waals surface area contributed by atoms with E-state index in [0.29, 0.717) is 23.8 Å². The van der Waals surface area contributed by atoms with Gasteiger partial charge >= 0.3 is 5.97 Å². The number of hydrogen-bond donors (Lipinski definition) is 1. The van der Waals surface area contributed by atoms with E-state index in [1.54, 1.807) is 11.6 Å². The molecule has 27 heavy (non-hydrogen) atoms. The Morgan fingerprint density at radius 1 is 1.22 bits per heavy atom. The summed E-state index contributed by atoms with van der Waals surface area (Å²) in [5.74, 6) is -0.464. The van der Waals surface area contributed by atoms with Gasteiger partial charge in [0.2, 0.25) is 0 Å². The van der Waals surface area contributed by atoms with E-state index in [4.69, 9.17) is 16.3 Å². The van der Waals surface area contributed by atoms with Gasteiger partial charge in [-0.25, -0.2) is 4.79 Å². The van der Waals surface area contributed by atoms with Gasteiger partial charge in [-0.05, 0) is 30.4 Å². The topological polar surface area (TPSA) is 73.2 Å². The number of hydrogen-bond acceptors (Lipinski definition) is 4. The molecule has 2 rings (SSSR count). The molecule has 2 aromatic rings. The fourth-order valence-corrected chi connectivity index (χ4v) is 3.08. The molecule has 0 aliphatic heterocycles. The number of nitrogens with zero attached hydrogens (tertiary/aromatic N) is 2. The first-order valence-corrected chi connectivity index (χ1v) is 9.37. The number of aryl methyl sites for hydroxylation is 1. The Morgan fingerprint density at radius 2 is 1.89 bits per heavy atom. The van der Waals surface area contributed by atoms with Gasteiger partial charge < -0.3 is 10.1 Å². The lowest BCUT2D eigenvalue weighted by Crippen LogP contribution is -2.22. The predicted molar refractivity (Wildman–Crippen MR) is 106 cm³/mol. The fourth-order valence-electron chi connectivity index (χ4n) is 2.76. The number of carbonyl (C=O) groups is 2. The summed E-state index contributed by atoms with van der Waals surface area (Å²) in [6.07, 6.45) is 0. The largest absolute Gasteiger partial charge is 0.452 e. The fraction of sp³-hybridized carbons (Fsp3) is 0.450. The molecule has 7 heteroatoms. The molecule has 0 saturated carbocycles. The van der Waals surface area contributed by atoms with Crippen LogP contribution in [0.25, 0.3) is 0 Å². The highest BCUT2D eigenvalue weighted by atomic mass is 35.5. The zero-order chi connectivity index (χ0) is 20.1. The van der Waals surface area contributed by atoms with E-state index < -0.39 is 18.5 Å². The Hall–Kier alpha value is -2.34. The van der Waals surface area contributed by atoms with Crippen molar-refractivity contribution in [1.29, 1.82) is 0 Å². The summed E-state index contributed by atoms with van der Waals surface area (Å²) in [6, 6.07) is 7.55. The third-order valence-corrected chi connectivity index (χ3v) is 4.38. The van der Waals surface area contributed by atoms with Gasteiger partial charge in [0.1, 0.15) is 10.7 Å². The molecule has 0 atom stereocenters. The van der Waals surface area contributed by atoms with Gasteiger partial charge in [-0.15, -0.1) is 0 Å². The van der Waals surface area contributed by atoms with Gasteiger partial charge in [-0.2, -0.15) is 5.10 Å².